The molecule has 3 aromatic rings. The van der Waals surface area contributed by atoms with Crippen LogP contribution in [0.2, 0.25) is 5.02 Å². The normalized spacial score (nSPS) is 11.7. The quantitative estimate of drug-likeness (QED) is 0.603. The molecule has 0 spiro atoms. The van der Waals surface area contributed by atoms with E-state index in [1.165, 1.54) is 0 Å². The zero-order valence-corrected chi connectivity index (χ0v) is 15.3. The lowest BCUT2D eigenvalue weighted by molar-refractivity contribution is 0.448. The van der Waals surface area contributed by atoms with Gasteiger partial charge < -0.3 is 10.2 Å². The first-order valence-electron chi connectivity index (χ1n) is 7.61. The lowest BCUT2D eigenvalue weighted by Gasteiger charge is -2.13. The number of nitrogens with zero attached hydrogens (tertiary/aromatic N) is 1. The van der Waals surface area contributed by atoms with Gasteiger partial charge >= 0.3 is 0 Å². The van der Waals surface area contributed by atoms with Crippen molar-refractivity contribution in [3.63, 3.8) is 0 Å². The highest BCUT2D eigenvalue weighted by Crippen LogP contribution is 2.37. The summed E-state index contributed by atoms with van der Waals surface area (Å²) in [6.07, 6.45) is 4.45. The van der Waals surface area contributed by atoms with Gasteiger partial charge in [-0.05, 0) is 50.1 Å². The smallest absolute Gasteiger partial charge is 0.126 e. The predicted molar refractivity (Wildman–Crippen MR) is 101 cm³/mol. The molecule has 1 aromatic heterocycles. The van der Waals surface area contributed by atoms with Crippen LogP contribution in [0.4, 0.5) is 0 Å². The Kier molecular flexibility index (Phi) is 4.52. The molecule has 0 aliphatic rings. The third kappa shape index (κ3) is 2.99. The van der Waals surface area contributed by atoms with Crippen molar-refractivity contribution in [2.24, 2.45) is 0 Å². The number of aromatic nitrogens is 1. The van der Waals surface area contributed by atoms with Crippen LogP contribution in [0.1, 0.15) is 27.3 Å². The maximum Gasteiger partial charge on any atom is 0.126 e. The van der Waals surface area contributed by atoms with Crippen molar-refractivity contribution >= 4 is 39.2 Å². The maximum atomic E-state index is 10.3. The third-order valence-corrected chi connectivity index (χ3v) is 5.55. The van der Waals surface area contributed by atoms with Crippen LogP contribution in [0, 0.1) is 20.8 Å². The molecule has 0 saturated heterocycles. The van der Waals surface area contributed by atoms with Crippen molar-refractivity contribution < 1.29 is 10.2 Å². The molecule has 0 aliphatic heterocycles. The highest BCUT2D eigenvalue weighted by Gasteiger charge is 2.14. The van der Waals surface area contributed by atoms with E-state index in [0.717, 1.165) is 15.2 Å². The van der Waals surface area contributed by atoms with E-state index in [9.17, 15) is 10.2 Å². The van der Waals surface area contributed by atoms with Gasteiger partial charge in [-0.15, -0.1) is 11.3 Å². The summed E-state index contributed by atoms with van der Waals surface area (Å²) >= 11 is 7.61. The molecule has 0 radical (unpaired) electrons. The predicted octanol–water partition coefficient (Wildman–Crippen LogP) is 5.54. The van der Waals surface area contributed by atoms with Crippen LogP contribution in [0.25, 0.3) is 16.3 Å². The molecule has 0 bridgehead atoms. The number of allylic oxidation sites excluding steroid dienone is 1. The summed E-state index contributed by atoms with van der Waals surface area (Å²) in [5, 5.41) is 22.2. The molecule has 2 aromatic carbocycles. The molecule has 24 heavy (non-hydrogen) atoms. The van der Waals surface area contributed by atoms with Gasteiger partial charge in [0.1, 0.15) is 11.5 Å². The van der Waals surface area contributed by atoms with Gasteiger partial charge in [0.25, 0.3) is 0 Å². The zero-order valence-electron chi connectivity index (χ0n) is 13.7. The average molecular weight is 360 g/mol. The number of benzene rings is 2. The number of thiazole rings is 1. The number of hydrogen-bond donors (Lipinski definition) is 2. The van der Waals surface area contributed by atoms with Crippen molar-refractivity contribution in [2.45, 2.75) is 27.2 Å². The Labute approximate surface area is 149 Å². The SMILES string of the molecule is Cc1c(C)c(O)c(/C=C/Cc2nc3cc(Cl)ccc3s2)c(C)c1O. The average Bonchev–Trinajstić information content (AvgIpc) is 2.96. The molecule has 0 aliphatic carbocycles. The Hall–Kier alpha value is -2.04. The molecular formula is C19H18ClNO2S. The summed E-state index contributed by atoms with van der Waals surface area (Å²) in [7, 11) is 0. The highest BCUT2D eigenvalue weighted by atomic mass is 35.5. The lowest BCUT2D eigenvalue weighted by Crippen LogP contribution is -1.92. The Morgan fingerprint density at radius 1 is 1.08 bits per heavy atom. The van der Waals surface area contributed by atoms with Crippen molar-refractivity contribution in [3.8, 4) is 11.5 Å². The van der Waals surface area contributed by atoms with Gasteiger partial charge in [0.05, 0.1) is 15.2 Å². The molecule has 1 heterocycles. The Balaban J connectivity index is 1.88. The van der Waals surface area contributed by atoms with Crippen LogP contribution in [0.15, 0.2) is 24.3 Å². The summed E-state index contributed by atoms with van der Waals surface area (Å²) in [6, 6.07) is 5.69. The fraction of sp³-hybridized carbons (Fsp3) is 0.211. The van der Waals surface area contributed by atoms with Crippen LogP contribution in [0.5, 0.6) is 11.5 Å². The van der Waals surface area contributed by atoms with Crippen LogP contribution in [0.3, 0.4) is 0 Å². The van der Waals surface area contributed by atoms with Crippen molar-refractivity contribution in [1.82, 2.24) is 4.98 Å². The van der Waals surface area contributed by atoms with E-state index in [0.29, 0.717) is 33.7 Å². The fourth-order valence-corrected chi connectivity index (χ4v) is 3.75. The van der Waals surface area contributed by atoms with Crippen LogP contribution in [-0.2, 0) is 6.42 Å². The second-order valence-electron chi connectivity index (χ2n) is 5.81. The number of fused-ring (bicyclic) bond motifs is 1. The number of hydrogen-bond acceptors (Lipinski definition) is 4. The Morgan fingerprint density at radius 3 is 2.54 bits per heavy atom. The van der Waals surface area contributed by atoms with E-state index in [1.54, 1.807) is 32.1 Å². The standard InChI is InChI=1S/C19H18ClNO2S/c1-10-11(2)19(23)14(12(3)18(10)22)5-4-6-17-21-15-9-13(20)7-8-16(15)24-17/h4-5,7-9,22-23H,6H2,1-3H3/b5-4+. The van der Waals surface area contributed by atoms with Gasteiger partial charge in [-0.1, -0.05) is 23.8 Å². The number of phenolic OH excluding ortho intramolecular Hbond substituents is 2. The minimum atomic E-state index is 0.218. The van der Waals surface area contributed by atoms with Gasteiger partial charge in [-0.2, -0.15) is 0 Å². The molecular weight excluding hydrogens is 342 g/mol. The molecule has 124 valence electrons. The van der Waals surface area contributed by atoms with Crippen molar-refractivity contribution in [2.75, 3.05) is 0 Å². The van der Waals surface area contributed by atoms with Gasteiger partial charge in [0, 0.05) is 22.6 Å². The number of aromatic hydroxyl groups is 2. The van der Waals surface area contributed by atoms with Crippen LogP contribution < -0.4 is 0 Å². The molecule has 3 rings (SSSR count). The minimum Gasteiger partial charge on any atom is -0.507 e. The van der Waals surface area contributed by atoms with E-state index in [2.05, 4.69) is 4.98 Å². The summed E-state index contributed by atoms with van der Waals surface area (Å²) in [6.45, 7) is 5.41. The monoisotopic (exact) mass is 359 g/mol. The Morgan fingerprint density at radius 2 is 1.79 bits per heavy atom. The zero-order chi connectivity index (χ0) is 17.4. The maximum absolute atomic E-state index is 10.3. The molecule has 0 atom stereocenters. The molecule has 3 nitrogen and oxygen atoms in total. The van der Waals surface area contributed by atoms with Gasteiger partial charge in [0.2, 0.25) is 0 Å². The van der Waals surface area contributed by atoms with E-state index in [4.69, 9.17) is 11.6 Å². The molecule has 5 heteroatoms. The van der Waals surface area contributed by atoms with E-state index in [1.807, 2.05) is 30.4 Å². The van der Waals surface area contributed by atoms with E-state index in [-0.39, 0.29) is 11.5 Å². The summed E-state index contributed by atoms with van der Waals surface area (Å²) in [5.41, 5.74) is 3.65. The third-order valence-electron chi connectivity index (χ3n) is 4.26. The van der Waals surface area contributed by atoms with Crippen LogP contribution >= 0.6 is 22.9 Å². The second kappa shape index (κ2) is 6.46. The van der Waals surface area contributed by atoms with Crippen molar-refractivity contribution in [1.29, 1.82) is 0 Å². The van der Waals surface area contributed by atoms with E-state index >= 15 is 0 Å². The van der Waals surface area contributed by atoms with Gasteiger partial charge in [0.15, 0.2) is 0 Å². The summed E-state index contributed by atoms with van der Waals surface area (Å²) in [4.78, 5) is 4.57. The first-order valence-corrected chi connectivity index (χ1v) is 8.81. The molecule has 0 saturated carbocycles. The number of rotatable bonds is 3. The molecule has 0 unspecified atom stereocenters. The fourth-order valence-electron chi connectivity index (χ4n) is 2.66. The summed E-state index contributed by atoms with van der Waals surface area (Å²) in [5.74, 6) is 0.453. The van der Waals surface area contributed by atoms with Crippen LogP contribution in [-0.4, -0.2) is 15.2 Å². The first kappa shape index (κ1) is 16.8. The van der Waals surface area contributed by atoms with Gasteiger partial charge in [-0.25, -0.2) is 4.98 Å². The largest absolute Gasteiger partial charge is 0.507 e. The second-order valence-corrected chi connectivity index (χ2v) is 7.36. The number of halogens is 1. The van der Waals surface area contributed by atoms with E-state index < -0.39 is 0 Å². The molecule has 0 fully saturated rings. The summed E-state index contributed by atoms with van der Waals surface area (Å²) < 4.78 is 1.10. The minimum absolute atomic E-state index is 0.218. The molecule has 0 amide bonds. The van der Waals surface area contributed by atoms with Gasteiger partial charge in [-0.3, -0.25) is 0 Å². The highest BCUT2D eigenvalue weighted by molar-refractivity contribution is 7.18. The first-order chi connectivity index (χ1) is 11.4. The topological polar surface area (TPSA) is 53.4 Å². The lowest BCUT2D eigenvalue weighted by atomic mass is 9.97. The number of phenols is 2. The Bertz CT molecular complexity index is 931. The van der Waals surface area contributed by atoms with Crippen molar-refractivity contribution in [3.05, 3.63) is 56.6 Å². The molecule has 2 N–H and O–H groups in total.